The lowest BCUT2D eigenvalue weighted by Crippen LogP contribution is -1.95. The average Bonchev–Trinajstić information content (AvgIpc) is 2.90. The third-order valence-electron chi connectivity index (χ3n) is 2.59. The Labute approximate surface area is 104 Å². The van der Waals surface area contributed by atoms with Gasteiger partial charge in [-0.2, -0.15) is 0 Å². The summed E-state index contributed by atoms with van der Waals surface area (Å²) in [5.74, 6) is 0.675. The molecular weight excluding hydrogens is 226 g/mol. The predicted octanol–water partition coefficient (Wildman–Crippen LogP) is 1.91. The Kier molecular flexibility index (Phi) is 2.49. The summed E-state index contributed by atoms with van der Waals surface area (Å²) in [7, 11) is 0. The van der Waals surface area contributed by atoms with Crippen LogP contribution >= 0.6 is 0 Å². The van der Waals surface area contributed by atoms with E-state index in [9.17, 15) is 0 Å². The van der Waals surface area contributed by atoms with E-state index >= 15 is 0 Å². The molecule has 2 heterocycles. The summed E-state index contributed by atoms with van der Waals surface area (Å²) in [5, 5.41) is 4.42. The van der Waals surface area contributed by atoms with Crippen LogP contribution in [0.25, 0.3) is 17.1 Å². The molecular formula is C13H11N5. The van der Waals surface area contributed by atoms with E-state index in [1.165, 1.54) is 0 Å². The summed E-state index contributed by atoms with van der Waals surface area (Å²) >= 11 is 0. The molecule has 0 radical (unpaired) electrons. The minimum atomic E-state index is 0.675. The monoisotopic (exact) mass is 237 g/mol. The molecule has 0 bridgehead atoms. The molecule has 3 aromatic rings. The molecule has 3 rings (SSSR count). The normalized spacial score (nSPS) is 10.4. The fourth-order valence-electron chi connectivity index (χ4n) is 1.65. The van der Waals surface area contributed by atoms with Crippen LogP contribution in [0.4, 0.5) is 5.69 Å². The van der Waals surface area contributed by atoms with Gasteiger partial charge in [0.25, 0.3) is 0 Å². The van der Waals surface area contributed by atoms with Gasteiger partial charge in [-0.25, -0.2) is 9.67 Å². The first-order valence-corrected chi connectivity index (χ1v) is 5.51. The number of nitrogen functional groups attached to an aromatic ring is 1. The van der Waals surface area contributed by atoms with Crippen molar-refractivity contribution in [1.82, 2.24) is 19.7 Å². The van der Waals surface area contributed by atoms with Crippen molar-refractivity contribution in [3.05, 3.63) is 55.1 Å². The predicted molar refractivity (Wildman–Crippen MR) is 69.0 cm³/mol. The third kappa shape index (κ3) is 1.93. The first-order chi connectivity index (χ1) is 8.83. The second-order valence-corrected chi connectivity index (χ2v) is 3.84. The van der Waals surface area contributed by atoms with Crippen LogP contribution in [0.2, 0.25) is 0 Å². The van der Waals surface area contributed by atoms with Gasteiger partial charge in [-0.05, 0) is 36.4 Å². The highest BCUT2D eigenvalue weighted by molar-refractivity contribution is 5.53. The van der Waals surface area contributed by atoms with E-state index in [-0.39, 0.29) is 0 Å². The first-order valence-electron chi connectivity index (χ1n) is 5.51. The maximum atomic E-state index is 5.65. The Morgan fingerprint density at radius 2 is 1.67 bits per heavy atom. The highest BCUT2D eigenvalue weighted by atomic mass is 15.3. The molecule has 0 aliphatic carbocycles. The molecule has 0 saturated carbocycles. The molecule has 0 aliphatic rings. The molecule has 0 amide bonds. The van der Waals surface area contributed by atoms with Crippen LogP contribution in [0, 0.1) is 0 Å². The van der Waals surface area contributed by atoms with Crippen molar-refractivity contribution in [3.63, 3.8) is 0 Å². The minimum Gasteiger partial charge on any atom is -0.399 e. The van der Waals surface area contributed by atoms with Gasteiger partial charge < -0.3 is 5.73 Å². The van der Waals surface area contributed by atoms with E-state index in [1.54, 1.807) is 23.4 Å². The Hall–Kier alpha value is -2.69. The summed E-state index contributed by atoms with van der Waals surface area (Å²) in [6.45, 7) is 0. The van der Waals surface area contributed by atoms with Crippen LogP contribution in [-0.4, -0.2) is 19.7 Å². The molecule has 0 atom stereocenters. The van der Waals surface area contributed by atoms with Crippen molar-refractivity contribution in [2.75, 3.05) is 5.73 Å². The third-order valence-corrected chi connectivity index (χ3v) is 2.59. The van der Waals surface area contributed by atoms with Gasteiger partial charge in [-0.15, -0.1) is 5.10 Å². The number of anilines is 1. The fourth-order valence-corrected chi connectivity index (χ4v) is 1.65. The van der Waals surface area contributed by atoms with E-state index in [2.05, 4.69) is 15.1 Å². The number of aromatic nitrogens is 4. The van der Waals surface area contributed by atoms with Gasteiger partial charge in [-0.1, -0.05) is 0 Å². The Morgan fingerprint density at radius 3 is 2.39 bits per heavy atom. The van der Waals surface area contributed by atoms with Crippen molar-refractivity contribution >= 4 is 5.69 Å². The largest absolute Gasteiger partial charge is 0.399 e. The van der Waals surface area contributed by atoms with Gasteiger partial charge in [0.1, 0.15) is 6.33 Å². The lowest BCUT2D eigenvalue weighted by molar-refractivity contribution is 0.882. The number of nitrogens with two attached hydrogens (primary N) is 1. The topological polar surface area (TPSA) is 69.6 Å². The van der Waals surface area contributed by atoms with Gasteiger partial charge in [-0.3, -0.25) is 4.98 Å². The maximum Gasteiger partial charge on any atom is 0.181 e. The number of hydrogen-bond acceptors (Lipinski definition) is 4. The second-order valence-electron chi connectivity index (χ2n) is 3.84. The molecule has 5 nitrogen and oxygen atoms in total. The van der Waals surface area contributed by atoms with Crippen LogP contribution in [0.1, 0.15) is 0 Å². The Morgan fingerprint density at radius 1 is 0.944 bits per heavy atom. The maximum absolute atomic E-state index is 5.65. The molecule has 0 saturated heterocycles. The smallest absolute Gasteiger partial charge is 0.181 e. The molecule has 2 N–H and O–H groups in total. The highest BCUT2D eigenvalue weighted by Crippen LogP contribution is 2.15. The molecule has 0 fully saturated rings. The van der Waals surface area contributed by atoms with Crippen molar-refractivity contribution in [1.29, 1.82) is 0 Å². The van der Waals surface area contributed by atoms with Crippen molar-refractivity contribution in [2.24, 2.45) is 0 Å². The van der Waals surface area contributed by atoms with Crippen LogP contribution in [0.15, 0.2) is 55.1 Å². The van der Waals surface area contributed by atoms with Crippen LogP contribution in [0.3, 0.4) is 0 Å². The molecule has 0 aliphatic heterocycles. The summed E-state index contributed by atoms with van der Waals surface area (Å²) in [5.41, 5.74) is 8.25. The number of pyridine rings is 1. The summed E-state index contributed by atoms with van der Waals surface area (Å²) in [6, 6.07) is 11.2. The van der Waals surface area contributed by atoms with Crippen molar-refractivity contribution < 1.29 is 0 Å². The zero-order chi connectivity index (χ0) is 12.4. The summed E-state index contributed by atoms with van der Waals surface area (Å²) < 4.78 is 1.72. The molecule has 1 aromatic carbocycles. The second kappa shape index (κ2) is 4.29. The zero-order valence-electron chi connectivity index (χ0n) is 9.56. The Balaban J connectivity index is 1.97. The zero-order valence-corrected chi connectivity index (χ0v) is 9.56. The molecule has 0 spiro atoms. The van der Waals surface area contributed by atoms with E-state index in [0.717, 1.165) is 16.9 Å². The van der Waals surface area contributed by atoms with Crippen molar-refractivity contribution in [3.8, 4) is 17.1 Å². The summed E-state index contributed by atoms with van der Waals surface area (Å²) in [6.07, 6.45) is 5.12. The first kappa shape index (κ1) is 10.5. The van der Waals surface area contributed by atoms with Crippen LogP contribution in [0.5, 0.6) is 0 Å². The van der Waals surface area contributed by atoms with E-state index in [0.29, 0.717) is 5.82 Å². The number of rotatable bonds is 2. The van der Waals surface area contributed by atoms with Crippen LogP contribution in [-0.2, 0) is 0 Å². The molecule has 88 valence electrons. The number of hydrogen-bond donors (Lipinski definition) is 1. The van der Waals surface area contributed by atoms with E-state index in [1.807, 2.05) is 36.4 Å². The Bertz CT molecular complexity index is 643. The molecule has 0 unspecified atom stereocenters. The summed E-state index contributed by atoms with van der Waals surface area (Å²) in [4.78, 5) is 8.25. The van der Waals surface area contributed by atoms with Crippen molar-refractivity contribution in [2.45, 2.75) is 0 Å². The van der Waals surface area contributed by atoms with Gasteiger partial charge >= 0.3 is 0 Å². The van der Waals surface area contributed by atoms with Gasteiger partial charge in [0.05, 0.1) is 5.69 Å². The highest BCUT2D eigenvalue weighted by Gasteiger charge is 2.04. The quantitative estimate of drug-likeness (QED) is 0.691. The lowest BCUT2D eigenvalue weighted by atomic mass is 10.3. The number of nitrogens with zero attached hydrogens (tertiary/aromatic N) is 4. The van der Waals surface area contributed by atoms with E-state index < -0.39 is 0 Å². The standard InChI is InChI=1S/C13H11N5/c14-11-1-3-12(4-2-11)18-9-16-13(17-18)10-5-7-15-8-6-10/h1-9H,14H2. The molecule has 5 heteroatoms. The SMILES string of the molecule is Nc1ccc(-n2cnc(-c3ccncc3)n2)cc1. The molecule has 2 aromatic heterocycles. The van der Waals surface area contributed by atoms with E-state index in [4.69, 9.17) is 5.73 Å². The lowest BCUT2D eigenvalue weighted by Gasteiger charge is -2.00. The minimum absolute atomic E-state index is 0.675. The van der Waals surface area contributed by atoms with Crippen LogP contribution < -0.4 is 5.73 Å². The number of benzene rings is 1. The van der Waals surface area contributed by atoms with Gasteiger partial charge in [0.2, 0.25) is 0 Å². The van der Waals surface area contributed by atoms with Gasteiger partial charge in [0, 0.05) is 23.6 Å². The molecule has 18 heavy (non-hydrogen) atoms. The average molecular weight is 237 g/mol. The fraction of sp³-hybridized carbons (Fsp3) is 0. The van der Waals surface area contributed by atoms with Gasteiger partial charge in [0.15, 0.2) is 5.82 Å².